The molecule has 84 valence electrons. The molecule has 4 heteroatoms. The second-order valence-corrected chi connectivity index (χ2v) is 3.83. The number of hydrogen-bond donors (Lipinski definition) is 0. The summed E-state index contributed by atoms with van der Waals surface area (Å²) in [4.78, 5) is 13.5. The van der Waals surface area contributed by atoms with Crippen molar-refractivity contribution >= 4 is 17.5 Å². The quantitative estimate of drug-likeness (QED) is 0.755. The van der Waals surface area contributed by atoms with Crippen LogP contribution in [0, 0.1) is 11.3 Å². The topological polar surface area (TPSA) is 44.1 Å². The molecule has 0 aliphatic rings. The SMILES string of the molecule is CCCN(CC#N)C(=O)c1ccc(Cl)cc1. The molecule has 0 aromatic heterocycles. The van der Waals surface area contributed by atoms with E-state index in [2.05, 4.69) is 0 Å². The normalized spacial score (nSPS) is 9.56. The van der Waals surface area contributed by atoms with Crippen LogP contribution in [0.5, 0.6) is 0 Å². The molecule has 0 spiro atoms. The smallest absolute Gasteiger partial charge is 0.254 e. The van der Waals surface area contributed by atoms with Gasteiger partial charge in [0.2, 0.25) is 0 Å². The Morgan fingerprint density at radius 1 is 1.44 bits per heavy atom. The van der Waals surface area contributed by atoms with Gasteiger partial charge in [0.25, 0.3) is 5.91 Å². The number of nitriles is 1. The number of halogens is 1. The van der Waals surface area contributed by atoms with Crippen molar-refractivity contribution in [3.05, 3.63) is 34.9 Å². The van der Waals surface area contributed by atoms with Crippen molar-refractivity contribution in [2.45, 2.75) is 13.3 Å². The fraction of sp³-hybridized carbons (Fsp3) is 0.333. The monoisotopic (exact) mass is 236 g/mol. The van der Waals surface area contributed by atoms with Crippen LogP contribution in [0.15, 0.2) is 24.3 Å². The molecular formula is C12H13ClN2O. The van der Waals surface area contributed by atoms with E-state index in [-0.39, 0.29) is 12.5 Å². The van der Waals surface area contributed by atoms with Crippen molar-refractivity contribution in [3.8, 4) is 6.07 Å². The number of rotatable bonds is 4. The average Bonchev–Trinajstić information content (AvgIpc) is 2.29. The van der Waals surface area contributed by atoms with Gasteiger partial charge in [-0.2, -0.15) is 5.26 Å². The summed E-state index contributed by atoms with van der Waals surface area (Å²) in [5, 5.41) is 9.23. The minimum Gasteiger partial charge on any atom is -0.325 e. The highest BCUT2D eigenvalue weighted by Gasteiger charge is 2.13. The van der Waals surface area contributed by atoms with E-state index < -0.39 is 0 Å². The lowest BCUT2D eigenvalue weighted by molar-refractivity contribution is 0.0776. The molecule has 1 aromatic rings. The lowest BCUT2D eigenvalue weighted by Gasteiger charge is -2.18. The van der Waals surface area contributed by atoms with Crippen molar-refractivity contribution < 1.29 is 4.79 Å². The van der Waals surface area contributed by atoms with E-state index in [1.165, 1.54) is 4.90 Å². The zero-order valence-corrected chi connectivity index (χ0v) is 9.87. The van der Waals surface area contributed by atoms with Gasteiger partial charge < -0.3 is 4.90 Å². The third-order valence-corrected chi connectivity index (χ3v) is 2.39. The highest BCUT2D eigenvalue weighted by molar-refractivity contribution is 6.30. The number of hydrogen-bond acceptors (Lipinski definition) is 2. The predicted molar refractivity (Wildman–Crippen MR) is 63.3 cm³/mol. The second kappa shape index (κ2) is 6.14. The molecule has 0 atom stereocenters. The van der Waals surface area contributed by atoms with Crippen molar-refractivity contribution in [1.82, 2.24) is 4.90 Å². The molecule has 1 aromatic carbocycles. The van der Waals surface area contributed by atoms with Crippen LogP contribution < -0.4 is 0 Å². The maximum Gasteiger partial charge on any atom is 0.254 e. The van der Waals surface area contributed by atoms with Crippen LogP contribution in [-0.2, 0) is 0 Å². The van der Waals surface area contributed by atoms with Crippen molar-refractivity contribution in [2.75, 3.05) is 13.1 Å². The molecule has 0 aliphatic heterocycles. The zero-order valence-electron chi connectivity index (χ0n) is 9.11. The largest absolute Gasteiger partial charge is 0.325 e. The summed E-state index contributed by atoms with van der Waals surface area (Å²) in [5.41, 5.74) is 0.563. The van der Waals surface area contributed by atoms with E-state index in [0.29, 0.717) is 17.1 Å². The zero-order chi connectivity index (χ0) is 12.0. The van der Waals surface area contributed by atoms with Crippen molar-refractivity contribution in [2.24, 2.45) is 0 Å². The number of amides is 1. The molecule has 0 aliphatic carbocycles. The maximum absolute atomic E-state index is 12.0. The van der Waals surface area contributed by atoms with E-state index in [0.717, 1.165) is 6.42 Å². The molecule has 1 rings (SSSR count). The number of benzene rings is 1. The van der Waals surface area contributed by atoms with E-state index in [4.69, 9.17) is 16.9 Å². The molecule has 0 fully saturated rings. The fourth-order valence-electron chi connectivity index (χ4n) is 1.38. The second-order valence-electron chi connectivity index (χ2n) is 3.39. The van der Waals surface area contributed by atoms with Crippen LogP contribution in [-0.4, -0.2) is 23.9 Å². The summed E-state index contributed by atoms with van der Waals surface area (Å²) < 4.78 is 0. The van der Waals surface area contributed by atoms with Gasteiger partial charge in [-0.25, -0.2) is 0 Å². The van der Waals surface area contributed by atoms with Gasteiger partial charge in [-0.3, -0.25) is 4.79 Å². The Hall–Kier alpha value is -1.53. The average molecular weight is 237 g/mol. The lowest BCUT2D eigenvalue weighted by atomic mass is 10.2. The molecule has 1 amide bonds. The number of carbonyl (C=O) groups is 1. The molecular weight excluding hydrogens is 224 g/mol. The Labute approximate surface area is 100 Å². The first kappa shape index (κ1) is 12.5. The molecule has 16 heavy (non-hydrogen) atoms. The van der Waals surface area contributed by atoms with Crippen molar-refractivity contribution in [1.29, 1.82) is 5.26 Å². The predicted octanol–water partition coefficient (Wildman–Crippen LogP) is 2.72. The minimum absolute atomic E-state index is 0.120. The van der Waals surface area contributed by atoms with E-state index in [1.54, 1.807) is 24.3 Å². The van der Waals surface area contributed by atoms with Gasteiger partial charge in [0.05, 0.1) is 6.07 Å². The van der Waals surface area contributed by atoms with Crippen LogP contribution in [0.2, 0.25) is 5.02 Å². The van der Waals surface area contributed by atoms with Crippen LogP contribution >= 0.6 is 11.6 Å². The fourth-order valence-corrected chi connectivity index (χ4v) is 1.51. The molecule has 0 bridgehead atoms. The number of nitrogens with zero attached hydrogens (tertiary/aromatic N) is 2. The van der Waals surface area contributed by atoms with Crippen LogP contribution in [0.1, 0.15) is 23.7 Å². The maximum atomic E-state index is 12.0. The molecule has 0 saturated heterocycles. The van der Waals surface area contributed by atoms with Crippen molar-refractivity contribution in [3.63, 3.8) is 0 Å². The Bertz CT molecular complexity index is 394. The Morgan fingerprint density at radius 2 is 2.06 bits per heavy atom. The van der Waals surface area contributed by atoms with Crippen LogP contribution in [0.3, 0.4) is 0 Å². The summed E-state index contributed by atoms with van der Waals surface area (Å²) >= 11 is 5.74. The Kier molecular flexibility index (Phi) is 4.81. The first-order valence-electron chi connectivity index (χ1n) is 5.10. The summed E-state index contributed by atoms with van der Waals surface area (Å²) in [7, 11) is 0. The standard InChI is InChI=1S/C12H13ClN2O/c1-2-8-15(9-7-14)12(16)10-3-5-11(13)6-4-10/h3-6H,2,8-9H2,1H3. The third kappa shape index (κ3) is 3.25. The Balaban J connectivity index is 2.82. The summed E-state index contributed by atoms with van der Waals surface area (Å²) in [6.45, 7) is 2.68. The molecule has 3 nitrogen and oxygen atoms in total. The molecule has 0 unspecified atom stereocenters. The van der Waals surface area contributed by atoms with E-state index in [9.17, 15) is 4.79 Å². The molecule has 0 N–H and O–H groups in total. The van der Waals surface area contributed by atoms with Gasteiger partial charge in [0.1, 0.15) is 6.54 Å². The summed E-state index contributed by atoms with van der Waals surface area (Å²) in [6, 6.07) is 8.68. The lowest BCUT2D eigenvalue weighted by Crippen LogP contribution is -2.32. The summed E-state index contributed by atoms with van der Waals surface area (Å²) in [5.74, 6) is -0.125. The summed E-state index contributed by atoms with van der Waals surface area (Å²) in [6.07, 6.45) is 0.834. The first-order valence-corrected chi connectivity index (χ1v) is 5.48. The first-order chi connectivity index (χ1) is 7.69. The van der Waals surface area contributed by atoms with Gasteiger partial charge in [-0.15, -0.1) is 0 Å². The Morgan fingerprint density at radius 3 is 2.56 bits per heavy atom. The highest BCUT2D eigenvalue weighted by Crippen LogP contribution is 2.11. The third-order valence-electron chi connectivity index (χ3n) is 2.13. The van der Waals surface area contributed by atoms with Crippen LogP contribution in [0.25, 0.3) is 0 Å². The van der Waals surface area contributed by atoms with Crippen LogP contribution in [0.4, 0.5) is 0 Å². The van der Waals surface area contributed by atoms with Gasteiger partial charge in [-0.1, -0.05) is 18.5 Å². The number of carbonyl (C=O) groups excluding carboxylic acids is 1. The molecule has 0 heterocycles. The van der Waals surface area contributed by atoms with E-state index >= 15 is 0 Å². The highest BCUT2D eigenvalue weighted by atomic mass is 35.5. The molecule has 0 saturated carbocycles. The molecule has 0 radical (unpaired) electrons. The van der Waals surface area contributed by atoms with Gasteiger partial charge in [-0.05, 0) is 30.7 Å². The van der Waals surface area contributed by atoms with E-state index in [1.807, 2.05) is 13.0 Å². The van der Waals surface area contributed by atoms with Gasteiger partial charge in [0, 0.05) is 17.1 Å². The van der Waals surface area contributed by atoms with Gasteiger partial charge >= 0.3 is 0 Å². The minimum atomic E-state index is -0.125. The van der Waals surface area contributed by atoms with Gasteiger partial charge in [0.15, 0.2) is 0 Å².